The molecule has 0 unspecified atom stereocenters. The highest BCUT2D eigenvalue weighted by atomic mass is 19.3. The third-order valence-corrected chi connectivity index (χ3v) is 2.90. The summed E-state index contributed by atoms with van der Waals surface area (Å²) in [5, 5.41) is 11.6. The van der Waals surface area contributed by atoms with Gasteiger partial charge in [0.1, 0.15) is 6.61 Å². The summed E-state index contributed by atoms with van der Waals surface area (Å²) in [6, 6.07) is 3.02. The van der Waals surface area contributed by atoms with Crippen molar-refractivity contribution < 1.29 is 28.2 Å². The van der Waals surface area contributed by atoms with Gasteiger partial charge in [-0.25, -0.2) is 13.6 Å². The van der Waals surface area contributed by atoms with Crippen molar-refractivity contribution in [2.24, 2.45) is 0 Å². The molecule has 0 heterocycles. The number of carboxylic acids is 1. The minimum Gasteiger partial charge on any atom is -0.478 e. The van der Waals surface area contributed by atoms with E-state index in [2.05, 4.69) is 10.1 Å². The fourth-order valence-electron chi connectivity index (χ4n) is 1.71. The van der Waals surface area contributed by atoms with E-state index in [0.29, 0.717) is 11.3 Å². The number of aromatic carboxylic acids is 1. The molecule has 0 fully saturated rings. The normalized spacial score (nSPS) is 10.7. The maximum atomic E-state index is 11.8. The lowest BCUT2D eigenvalue weighted by atomic mass is 10.0. The Labute approximate surface area is 120 Å². The zero-order valence-corrected chi connectivity index (χ0v) is 11.8. The van der Waals surface area contributed by atoms with Crippen LogP contribution in [-0.2, 0) is 9.53 Å². The molecule has 0 saturated carbocycles. The molecule has 0 atom stereocenters. The number of carboxylic acid groups (broad SMARTS) is 1. The zero-order valence-electron chi connectivity index (χ0n) is 11.8. The largest absolute Gasteiger partial charge is 0.478 e. The average molecular weight is 301 g/mol. The predicted molar refractivity (Wildman–Crippen MR) is 72.9 cm³/mol. The Bertz CT molecular complexity index is 532. The van der Waals surface area contributed by atoms with Gasteiger partial charge in [0.05, 0.1) is 18.6 Å². The highest BCUT2D eigenvalue weighted by molar-refractivity contribution is 5.95. The van der Waals surface area contributed by atoms with Crippen LogP contribution < -0.4 is 5.32 Å². The van der Waals surface area contributed by atoms with Crippen molar-refractivity contribution >= 4 is 17.6 Å². The molecule has 0 radical (unpaired) electrons. The van der Waals surface area contributed by atoms with E-state index >= 15 is 0 Å². The van der Waals surface area contributed by atoms with Gasteiger partial charge in [-0.3, -0.25) is 4.79 Å². The van der Waals surface area contributed by atoms with Gasteiger partial charge in [-0.15, -0.1) is 0 Å². The molecule has 1 aromatic carbocycles. The number of aryl methyl sites for hydroxylation is 1. The molecule has 0 saturated heterocycles. The summed E-state index contributed by atoms with van der Waals surface area (Å²) in [5.74, 6) is -1.50. The first-order chi connectivity index (χ1) is 9.81. The van der Waals surface area contributed by atoms with Crippen molar-refractivity contribution in [3.8, 4) is 0 Å². The van der Waals surface area contributed by atoms with Crippen LogP contribution in [0.4, 0.5) is 14.5 Å². The third-order valence-electron chi connectivity index (χ3n) is 2.90. The number of carbonyl (C=O) groups is 2. The Morgan fingerprint density at radius 2 is 2.00 bits per heavy atom. The number of ether oxygens (including phenoxy) is 1. The van der Waals surface area contributed by atoms with Crippen LogP contribution in [0.5, 0.6) is 0 Å². The van der Waals surface area contributed by atoms with Crippen molar-refractivity contribution in [3.63, 3.8) is 0 Å². The van der Waals surface area contributed by atoms with Crippen LogP contribution in [0, 0.1) is 13.8 Å². The first kappa shape index (κ1) is 17.0. The molecular formula is C14H17F2NO4. The van der Waals surface area contributed by atoms with Gasteiger partial charge in [0.2, 0.25) is 5.91 Å². The van der Waals surface area contributed by atoms with Crippen molar-refractivity contribution in [2.45, 2.75) is 26.7 Å². The predicted octanol–water partition coefficient (Wildman–Crippen LogP) is 2.61. The maximum absolute atomic E-state index is 11.8. The Morgan fingerprint density at radius 1 is 1.33 bits per heavy atom. The highest BCUT2D eigenvalue weighted by Crippen LogP contribution is 2.20. The summed E-state index contributed by atoms with van der Waals surface area (Å²) in [7, 11) is 0. The van der Waals surface area contributed by atoms with Gasteiger partial charge in [0.25, 0.3) is 6.43 Å². The van der Waals surface area contributed by atoms with Crippen LogP contribution in [0.3, 0.4) is 0 Å². The van der Waals surface area contributed by atoms with Gasteiger partial charge >= 0.3 is 5.97 Å². The molecule has 1 amide bonds. The number of amides is 1. The topological polar surface area (TPSA) is 75.6 Å². The van der Waals surface area contributed by atoms with Crippen LogP contribution in [0.15, 0.2) is 12.1 Å². The molecule has 0 bridgehead atoms. The van der Waals surface area contributed by atoms with Gasteiger partial charge in [0, 0.05) is 5.69 Å². The number of hydrogen-bond acceptors (Lipinski definition) is 3. The molecule has 1 aromatic rings. The monoisotopic (exact) mass is 301 g/mol. The molecule has 2 N–H and O–H groups in total. The second-order valence-electron chi connectivity index (χ2n) is 4.54. The van der Waals surface area contributed by atoms with Crippen LogP contribution in [-0.4, -0.2) is 36.6 Å². The molecule has 116 valence electrons. The lowest BCUT2D eigenvalue weighted by Crippen LogP contribution is -2.16. The fourth-order valence-corrected chi connectivity index (χ4v) is 1.71. The summed E-state index contributed by atoms with van der Waals surface area (Å²) in [6.07, 6.45) is -2.65. The van der Waals surface area contributed by atoms with E-state index in [0.717, 1.165) is 5.56 Å². The number of anilines is 1. The van der Waals surface area contributed by atoms with Gasteiger partial charge in [-0.05, 0) is 37.1 Å². The summed E-state index contributed by atoms with van der Waals surface area (Å²) in [6.45, 7) is 2.60. The van der Waals surface area contributed by atoms with E-state index in [-0.39, 0.29) is 18.6 Å². The summed E-state index contributed by atoms with van der Waals surface area (Å²) >= 11 is 0. The van der Waals surface area contributed by atoms with Gasteiger partial charge in [-0.2, -0.15) is 0 Å². The van der Waals surface area contributed by atoms with Crippen LogP contribution in [0.1, 0.15) is 27.9 Å². The summed E-state index contributed by atoms with van der Waals surface area (Å²) in [5.41, 5.74) is 1.83. The molecule has 7 heteroatoms. The smallest absolute Gasteiger partial charge is 0.336 e. The molecule has 5 nitrogen and oxygen atoms in total. The molecular weight excluding hydrogens is 284 g/mol. The average Bonchev–Trinajstić information content (AvgIpc) is 2.38. The number of alkyl halides is 2. The van der Waals surface area contributed by atoms with Crippen molar-refractivity contribution in [1.29, 1.82) is 0 Å². The second-order valence-corrected chi connectivity index (χ2v) is 4.54. The van der Waals surface area contributed by atoms with E-state index in [1.807, 2.05) is 0 Å². The number of nitrogens with one attached hydrogen (secondary N) is 1. The second kappa shape index (κ2) is 7.68. The quantitative estimate of drug-likeness (QED) is 0.759. The lowest BCUT2D eigenvalue weighted by Gasteiger charge is -2.11. The van der Waals surface area contributed by atoms with E-state index < -0.39 is 24.9 Å². The Morgan fingerprint density at radius 3 is 2.57 bits per heavy atom. The first-order valence-electron chi connectivity index (χ1n) is 6.31. The Balaban J connectivity index is 2.62. The van der Waals surface area contributed by atoms with Gasteiger partial charge in [-0.1, -0.05) is 0 Å². The molecule has 0 aliphatic rings. The lowest BCUT2D eigenvalue weighted by molar-refractivity contribution is -0.117. The van der Waals surface area contributed by atoms with Crippen molar-refractivity contribution in [1.82, 2.24) is 0 Å². The number of halogens is 2. The first-order valence-corrected chi connectivity index (χ1v) is 6.31. The molecule has 0 spiro atoms. The number of benzene rings is 1. The maximum Gasteiger partial charge on any atom is 0.336 e. The number of rotatable bonds is 7. The molecule has 0 aliphatic heterocycles. The minimum atomic E-state index is -2.56. The van der Waals surface area contributed by atoms with Crippen LogP contribution in [0.2, 0.25) is 0 Å². The fraction of sp³-hybridized carbons (Fsp3) is 0.429. The number of carbonyl (C=O) groups excluding carboxylic acids is 1. The van der Waals surface area contributed by atoms with E-state index in [1.165, 1.54) is 6.07 Å². The van der Waals surface area contributed by atoms with Crippen molar-refractivity contribution in [2.75, 3.05) is 18.5 Å². The van der Waals surface area contributed by atoms with Crippen LogP contribution >= 0.6 is 0 Å². The van der Waals surface area contributed by atoms with Gasteiger partial charge < -0.3 is 15.2 Å². The molecule has 1 rings (SSSR count). The molecule has 21 heavy (non-hydrogen) atoms. The highest BCUT2D eigenvalue weighted by Gasteiger charge is 2.12. The molecule has 0 aliphatic carbocycles. The van der Waals surface area contributed by atoms with Crippen LogP contribution in [0.25, 0.3) is 0 Å². The van der Waals surface area contributed by atoms with E-state index in [9.17, 15) is 18.4 Å². The standard InChI is InChI=1S/C14H17F2NO4/c1-8-5-10(6-11(9(8)2)14(19)20)17-13(18)3-4-21-7-12(15)16/h5-6,12H,3-4,7H2,1-2H3,(H,17,18)(H,19,20). The van der Waals surface area contributed by atoms with E-state index in [1.54, 1.807) is 19.9 Å². The SMILES string of the molecule is Cc1cc(NC(=O)CCOCC(F)F)cc(C(=O)O)c1C. The van der Waals surface area contributed by atoms with Crippen molar-refractivity contribution in [3.05, 3.63) is 28.8 Å². The Hall–Kier alpha value is -2.02. The summed E-state index contributed by atoms with van der Waals surface area (Å²) < 4.78 is 28.3. The van der Waals surface area contributed by atoms with Gasteiger partial charge in [0.15, 0.2) is 0 Å². The Kier molecular flexibility index (Phi) is 6.23. The minimum absolute atomic E-state index is 0.0813. The molecule has 0 aromatic heterocycles. The summed E-state index contributed by atoms with van der Waals surface area (Å²) in [4.78, 5) is 22.7. The third kappa shape index (κ3) is 5.47. The zero-order chi connectivity index (χ0) is 16.0. The van der Waals surface area contributed by atoms with E-state index in [4.69, 9.17) is 5.11 Å². The number of hydrogen-bond donors (Lipinski definition) is 2.